The molecule has 1 unspecified atom stereocenters. The number of nitrogens with zero attached hydrogens (tertiary/aromatic N) is 7. The van der Waals surface area contributed by atoms with E-state index in [1.807, 2.05) is 121 Å². The van der Waals surface area contributed by atoms with Crippen LogP contribution in [0.2, 0.25) is 0 Å². The van der Waals surface area contributed by atoms with Gasteiger partial charge in [0.1, 0.15) is 30.2 Å². The van der Waals surface area contributed by atoms with E-state index in [0.29, 0.717) is 29.4 Å². The first kappa shape index (κ1) is 73.8. The number of rotatable bonds is 34. The summed E-state index contributed by atoms with van der Waals surface area (Å²) in [4.78, 5) is 86.4. The van der Waals surface area contributed by atoms with Gasteiger partial charge < -0.3 is 25.0 Å². The molecular formula is C81H94N8O9. The van der Waals surface area contributed by atoms with Crippen LogP contribution in [0.1, 0.15) is 175 Å². The summed E-state index contributed by atoms with van der Waals surface area (Å²) in [6.45, 7) is 18.4. The molecule has 0 saturated carbocycles. The zero-order chi connectivity index (χ0) is 70.0. The fraction of sp³-hybridized carbons (Fsp3) is 0.370. The number of aliphatic carboxylic acids is 2. The first-order chi connectivity index (χ1) is 47.1. The van der Waals surface area contributed by atoms with Gasteiger partial charge in [-0.1, -0.05) is 228 Å². The minimum absolute atomic E-state index is 0.0147. The molecule has 1 amide bonds. The Hall–Kier alpha value is -10.0. The molecular weight excluding hydrogens is 1230 g/mol. The van der Waals surface area contributed by atoms with Gasteiger partial charge in [-0.3, -0.25) is 23.9 Å². The lowest BCUT2D eigenvalue weighted by molar-refractivity contribution is -0.143. The van der Waals surface area contributed by atoms with E-state index in [9.17, 15) is 34.2 Å². The highest BCUT2D eigenvalue weighted by atomic mass is 16.5. The Kier molecular flexibility index (Phi) is 27.4. The molecule has 98 heavy (non-hydrogen) atoms. The fourth-order valence-electron chi connectivity index (χ4n) is 11.2. The number of carboxylic acid groups (broad SMARTS) is 2. The van der Waals surface area contributed by atoms with Gasteiger partial charge in [0.05, 0.1) is 25.7 Å². The molecule has 9 rings (SSSR count). The topological polar surface area (TPSA) is 239 Å². The van der Waals surface area contributed by atoms with Crippen molar-refractivity contribution in [3.63, 3.8) is 0 Å². The van der Waals surface area contributed by atoms with Gasteiger partial charge in [-0.05, 0) is 94.2 Å². The number of carboxylic acids is 2. The number of carbonyl (C=O) groups excluding carboxylic acids is 3. The number of ketones is 2. The highest BCUT2D eigenvalue weighted by Gasteiger charge is 2.29. The summed E-state index contributed by atoms with van der Waals surface area (Å²) < 4.78 is 13.1. The van der Waals surface area contributed by atoms with Gasteiger partial charge >= 0.3 is 11.9 Å². The Labute approximate surface area is 577 Å². The summed E-state index contributed by atoms with van der Waals surface area (Å²) in [6, 6.07) is 44.6. The molecule has 3 aromatic heterocycles. The van der Waals surface area contributed by atoms with Crippen LogP contribution in [-0.4, -0.2) is 93.6 Å². The molecule has 3 heterocycles. The number of ether oxygens (including phenoxy) is 2. The number of unbranched alkanes of at least 4 members (excludes halogenated alkanes) is 8. The Morgan fingerprint density at radius 3 is 1.21 bits per heavy atom. The molecule has 0 bridgehead atoms. The van der Waals surface area contributed by atoms with Crippen molar-refractivity contribution in [2.24, 2.45) is 11.8 Å². The molecule has 3 atom stereocenters. The number of amides is 1. The Morgan fingerprint density at radius 1 is 0.459 bits per heavy atom. The second-order valence-electron chi connectivity index (χ2n) is 27.1. The summed E-state index contributed by atoms with van der Waals surface area (Å²) in [7, 11) is 0. The van der Waals surface area contributed by atoms with Crippen LogP contribution in [0.4, 0.5) is 0 Å². The largest absolute Gasteiger partial charge is 0.494 e. The third-order valence-electron chi connectivity index (χ3n) is 17.3. The maximum atomic E-state index is 13.7. The van der Waals surface area contributed by atoms with Gasteiger partial charge in [0.25, 0.3) is 0 Å². The quantitative estimate of drug-likeness (QED) is 0.0251. The lowest BCUT2D eigenvalue weighted by Crippen LogP contribution is -2.46. The van der Waals surface area contributed by atoms with Gasteiger partial charge in [-0.15, -0.1) is 0 Å². The minimum Gasteiger partial charge on any atom is -0.494 e. The van der Waals surface area contributed by atoms with E-state index in [1.54, 1.807) is 49.1 Å². The van der Waals surface area contributed by atoms with Gasteiger partial charge in [-0.2, -0.15) is 5.10 Å². The van der Waals surface area contributed by atoms with E-state index in [0.717, 1.165) is 86.6 Å². The number of aromatic nitrogens is 7. The predicted molar refractivity (Wildman–Crippen MR) is 384 cm³/mol. The SMILES string of the molecule is CCCCCCCOc1ccc(-c2cnc(-c3ccc(C[C@H](CC(=O)c4ccc(C(C)(C)C)cc4)C(=O)NC(Cn4cncn4)C(=O)O)cc3)nc2)cc1.CCCCCCCOc1ccc(-c2cnc(-c3ccc(C[C@H](CC(=O)c4ccc(C(C)(C)C)cc4)C(=O)O)cc3)nc2)cc1. The third kappa shape index (κ3) is 22.8. The first-order valence-corrected chi connectivity index (χ1v) is 34.3. The minimum atomic E-state index is -1.26. The maximum absolute atomic E-state index is 13.7. The van der Waals surface area contributed by atoms with Crippen molar-refractivity contribution in [2.45, 2.75) is 169 Å². The summed E-state index contributed by atoms with van der Waals surface area (Å²) >= 11 is 0. The lowest BCUT2D eigenvalue weighted by atomic mass is 9.85. The van der Waals surface area contributed by atoms with Crippen LogP contribution in [0.5, 0.6) is 11.5 Å². The van der Waals surface area contributed by atoms with Crippen LogP contribution in [0.3, 0.4) is 0 Å². The molecule has 3 N–H and O–H groups in total. The van der Waals surface area contributed by atoms with E-state index < -0.39 is 35.7 Å². The standard InChI is InChI=1S/C43H50N6O5.C38H44N2O4/c1-5-6-7-8-9-22-54-37-20-16-31(17-21-37)35-25-45-40(46-26-35)33-12-10-30(11-13-33)23-34(24-39(50)32-14-18-36(19-15-32)43(2,3)4)41(51)48-38(42(52)53)27-49-29-44-28-47-49;1-5-6-7-8-9-22-44-34-20-16-28(17-21-34)32-25-39-36(40-26-32)30-12-10-27(11-13-30)23-31(37(42)43)24-35(41)29-14-18-33(19-15-29)38(2,3)4/h10-21,25-26,28-29,34,38H,5-9,22-24,27H2,1-4H3,(H,48,51)(H,52,53);10-21,25-26,31H,5-9,22-24H2,1-4H3,(H,42,43)/t34-,38?;31-/m11/s1. The zero-order valence-corrected chi connectivity index (χ0v) is 58.0. The van der Waals surface area contributed by atoms with Crippen molar-refractivity contribution in [3.05, 3.63) is 216 Å². The number of Topliss-reactive ketones (excluding diaryl/α,β-unsaturated/α-hetero) is 2. The Bertz CT molecular complexity index is 3940. The van der Waals surface area contributed by atoms with E-state index in [1.165, 1.54) is 68.7 Å². The first-order valence-electron chi connectivity index (χ1n) is 34.3. The number of benzene rings is 6. The summed E-state index contributed by atoms with van der Waals surface area (Å²) in [6.07, 6.45) is 22.2. The Morgan fingerprint density at radius 2 is 0.847 bits per heavy atom. The molecule has 0 radical (unpaired) electrons. The molecule has 512 valence electrons. The molecule has 9 aromatic rings. The van der Waals surface area contributed by atoms with Crippen molar-refractivity contribution in [1.82, 2.24) is 40.0 Å². The number of hydrogen-bond donors (Lipinski definition) is 3. The average Bonchev–Trinajstić information content (AvgIpc) is 1.56. The molecule has 0 spiro atoms. The monoisotopic (exact) mass is 1320 g/mol. The summed E-state index contributed by atoms with van der Waals surface area (Å²) in [5, 5.41) is 26.3. The number of carbonyl (C=O) groups is 5. The third-order valence-corrected chi connectivity index (χ3v) is 17.3. The molecule has 0 aliphatic rings. The van der Waals surface area contributed by atoms with E-state index in [2.05, 4.69) is 90.7 Å². The number of nitrogens with one attached hydrogen (secondary N) is 1. The second kappa shape index (κ2) is 36.4. The van der Waals surface area contributed by atoms with Crippen LogP contribution >= 0.6 is 0 Å². The smallest absolute Gasteiger partial charge is 0.328 e. The van der Waals surface area contributed by atoms with Crippen molar-refractivity contribution < 1.29 is 43.7 Å². The van der Waals surface area contributed by atoms with Gasteiger partial charge in [0.15, 0.2) is 23.2 Å². The normalized spacial score (nSPS) is 12.3. The van der Waals surface area contributed by atoms with Crippen LogP contribution in [0.25, 0.3) is 45.0 Å². The van der Waals surface area contributed by atoms with Crippen molar-refractivity contribution >= 4 is 29.4 Å². The van der Waals surface area contributed by atoms with Gasteiger partial charge in [-0.25, -0.2) is 29.7 Å². The lowest BCUT2D eigenvalue weighted by Gasteiger charge is -2.21. The molecule has 17 nitrogen and oxygen atoms in total. The van der Waals surface area contributed by atoms with E-state index >= 15 is 0 Å². The van der Waals surface area contributed by atoms with Gasteiger partial charge in [0, 0.05) is 76.9 Å². The van der Waals surface area contributed by atoms with Crippen molar-refractivity contribution in [1.29, 1.82) is 0 Å². The maximum Gasteiger partial charge on any atom is 0.328 e. The summed E-state index contributed by atoms with van der Waals surface area (Å²) in [5.41, 5.74) is 10.2. The summed E-state index contributed by atoms with van der Waals surface area (Å²) in [5.74, 6) is -1.89. The van der Waals surface area contributed by atoms with Crippen molar-refractivity contribution in [3.8, 4) is 56.5 Å². The second-order valence-corrected chi connectivity index (χ2v) is 27.1. The molecule has 17 heteroatoms. The Balaban J connectivity index is 0.000000255. The molecule has 0 fully saturated rings. The predicted octanol–water partition coefficient (Wildman–Crippen LogP) is 16.7. The molecule has 0 aliphatic heterocycles. The van der Waals surface area contributed by atoms with Crippen LogP contribution < -0.4 is 14.8 Å². The van der Waals surface area contributed by atoms with E-state index in [4.69, 9.17) is 9.47 Å². The number of hydrogen-bond acceptors (Lipinski definition) is 13. The van der Waals surface area contributed by atoms with Crippen molar-refractivity contribution in [2.75, 3.05) is 13.2 Å². The van der Waals surface area contributed by atoms with E-state index in [-0.39, 0.29) is 54.6 Å². The fourth-order valence-corrected chi connectivity index (χ4v) is 11.2. The average molecular weight is 1320 g/mol. The zero-order valence-electron chi connectivity index (χ0n) is 58.0. The van der Waals surface area contributed by atoms with Gasteiger partial charge in [0.2, 0.25) is 5.91 Å². The van der Waals surface area contributed by atoms with Crippen LogP contribution in [0, 0.1) is 11.8 Å². The van der Waals surface area contributed by atoms with Crippen LogP contribution in [0.15, 0.2) is 183 Å². The highest BCUT2D eigenvalue weighted by molar-refractivity contribution is 5.99. The highest BCUT2D eigenvalue weighted by Crippen LogP contribution is 2.30. The molecule has 0 saturated heterocycles. The van der Waals surface area contributed by atoms with Crippen LogP contribution in [-0.2, 0) is 44.6 Å². The molecule has 6 aromatic carbocycles. The molecule has 0 aliphatic carbocycles.